The highest BCUT2D eigenvalue weighted by molar-refractivity contribution is 5.64. The van der Waals surface area contributed by atoms with Crippen LogP contribution in [0.25, 0.3) is 0 Å². The van der Waals surface area contributed by atoms with Crippen molar-refractivity contribution in [2.75, 3.05) is 11.5 Å². The van der Waals surface area contributed by atoms with E-state index in [4.69, 9.17) is 21.3 Å². The van der Waals surface area contributed by atoms with E-state index in [1.54, 1.807) is 24.3 Å². The normalized spacial score (nSPS) is 10.1. The fraction of sp³-hybridized carbons (Fsp3) is 0.0714. The lowest BCUT2D eigenvalue weighted by Gasteiger charge is -2.09. The largest absolute Gasteiger partial charge is 0.511 e. The lowest BCUT2D eigenvalue weighted by Crippen LogP contribution is -2.06. The van der Waals surface area contributed by atoms with Crippen molar-refractivity contribution in [2.24, 2.45) is 0 Å². The second-order valence-corrected chi connectivity index (χ2v) is 4.15. The molecule has 0 unspecified atom stereocenters. The Balaban J connectivity index is 2.28. The molecule has 0 saturated carbocycles. The number of carboxylic acid groups (broad SMARTS) is 1. The minimum absolute atomic E-state index is 0.254. The van der Waals surface area contributed by atoms with Gasteiger partial charge in [0.1, 0.15) is 5.75 Å². The summed E-state index contributed by atoms with van der Waals surface area (Å²) in [6.45, 7) is 0. The number of hydrogen-bond donors (Lipinski definition) is 3. The molecule has 2 aromatic carbocycles. The number of benzene rings is 2. The van der Waals surface area contributed by atoms with E-state index in [0.29, 0.717) is 17.8 Å². The first kappa shape index (κ1) is 12.8. The molecule has 0 saturated heterocycles. The number of nitrogens with two attached hydrogens (primary N) is 2. The van der Waals surface area contributed by atoms with E-state index in [1.165, 1.54) is 6.07 Å². The van der Waals surface area contributed by atoms with E-state index in [-0.39, 0.29) is 5.75 Å². The first-order valence-corrected chi connectivity index (χ1v) is 5.68. The van der Waals surface area contributed by atoms with Crippen molar-refractivity contribution < 1.29 is 14.6 Å². The summed E-state index contributed by atoms with van der Waals surface area (Å²) >= 11 is 0. The highest BCUT2D eigenvalue weighted by atomic mass is 16.7. The van der Waals surface area contributed by atoms with Crippen LogP contribution in [0.3, 0.4) is 0 Å². The van der Waals surface area contributed by atoms with Crippen molar-refractivity contribution in [1.29, 1.82) is 0 Å². The quantitative estimate of drug-likeness (QED) is 0.446. The molecule has 5 nitrogen and oxygen atoms in total. The summed E-state index contributed by atoms with van der Waals surface area (Å²) in [5.41, 5.74) is 14.1. The summed E-state index contributed by atoms with van der Waals surface area (Å²) in [7, 11) is 0. The molecule has 0 heterocycles. The van der Waals surface area contributed by atoms with Gasteiger partial charge in [0.05, 0.1) is 0 Å². The number of ether oxygens (including phenoxy) is 1. The zero-order chi connectivity index (χ0) is 13.8. The molecule has 2 rings (SSSR count). The molecule has 0 aromatic heterocycles. The molecule has 5 heteroatoms. The Kier molecular flexibility index (Phi) is 3.56. The molecule has 0 fully saturated rings. The lowest BCUT2D eigenvalue weighted by atomic mass is 10.0. The van der Waals surface area contributed by atoms with Gasteiger partial charge in [0.25, 0.3) is 0 Å². The SMILES string of the molecule is Nc1ccc(Cc2ccc(N)cc2OC(=O)O)cc1. The van der Waals surface area contributed by atoms with Gasteiger partial charge in [-0.15, -0.1) is 0 Å². The molecule has 0 spiro atoms. The smallest absolute Gasteiger partial charge is 0.449 e. The van der Waals surface area contributed by atoms with Gasteiger partial charge in [-0.2, -0.15) is 0 Å². The third-order valence-electron chi connectivity index (χ3n) is 2.66. The molecule has 0 atom stereocenters. The standard InChI is InChI=1S/C14H14N2O3/c15-11-4-1-9(2-5-11)7-10-3-6-12(16)8-13(10)19-14(17)18/h1-6,8H,7,15-16H2,(H,17,18). The van der Waals surface area contributed by atoms with Crippen molar-refractivity contribution in [1.82, 2.24) is 0 Å². The van der Waals surface area contributed by atoms with Crippen molar-refractivity contribution in [3.05, 3.63) is 53.6 Å². The molecule has 5 N–H and O–H groups in total. The fourth-order valence-corrected chi connectivity index (χ4v) is 1.76. The van der Waals surface area contributed by atoms with Crippen LogP contribution in [0.15, 0.2) is 42.5 Å². The number of carbonyl (C=O) groups is 1. The topological polar surface area (TPSA) is 98.6 Å². The third kappa shape index (κ3) is 3.38. The summed E-state index contributed by atoms with van der Waals surface area (Å²) in [5, 5.41) is 8.71. The van der Waals surface area contributed by atoms with E-state index >= 15 is 0 Å². The maximum absolute atomic E-state index is 10.6. The lowest BCUT2D eigenvalue weighted by molar-refractivity contribution is 0.144. The fourth-order valence-electron chi connectivity index (χ4n) is 1.76. The van der Waals surface area contributed by atoms with Gasteiger partial charge >= 0.3 is 6.16 Å². The maximum Gasteiger partial charge on any atom is 0.511 e. The second-order valence-electron chi connectivity index (χ2n) is 4.15. The summed E-state index contributed by atoms with van der Waals surface area (Å²) < 4.78 is 4.73. The van der Waals surface area contributed by atoms with E-state index in [9.17, 15) is 4.79 Å². The summed E-state index contributed by atoms with van der Waals surface area (Å²) in [6.07, 6.45) is -0.812. The van der Waals surface area contributed by atoms with Crippen molar-refractivity contribution in [3.8, 4) is 5.75 Å². The van der Waals surface area contributed by atoms with Gasteiger partial charge in [0.15, 0.2) is 0 Å². The van der Waals surface area contributed by atoms with Gasteiger partial charge in [-0.1, -0.05) is 18.2 Å². The summed E-state index contributed by atoms with van der Waals surface area (Å²) in [5.74, 6) is 0.254. The van der Waals surface area contributed by atoms with Crippen molar-refractivity contribution in [2.45, 2.75) is 6.42 Å². The molecule has 98 valence electrons. The van der Waals surface area contributed by atoms with Crippen LogP contribution in [-0.2, 0) is 6.42 Å². The molecule has 0 aliphatic rings. The Bertz CT molecular complexity index is 594. The number of nitrogen functional groups attached to an aromatic ring is 2. The van der Waals surface area contributed by atoms with Crippen molar-refractivity contribution >= 4 is 17.5 Å². The third-order valence-corrected chi connectivity index (χ3v) is 2.66. The second kappa shape index (κ2) is 5.30. The van der Waals surface area contributed by atoms with Crippen LogP contribution in [0, 0.1) is 0 Å². The Morgan fingerprint density at radius 2 is 1.68 bits per heavy atom. The van der Waals surface area contributed by atoms with Gasteiger partial charge in [-0.05, 0) is 29.3 Å². The van der Waals surface area contributed by atoms with Crippen LogP contribution in [-0.4, -0.2) is 11.3 Å². The summed E-state index contributed by atoms with van der Waals surface area (Å²) in [4.78, 5) is 10.6. The van der Waals surface area contributed by atoms with E-state index in [1.807, 2.05) is 12.1 Å². The van der Waals surface area contributed by atoms with E-state index in [0.717, 1.165) is 11.1 Å². The van der Waals surface area contributed by atoms with Gasteiger partial charge in [-0.25, -0.2) is 4.79 Å². The molecule has 0 aliphatic heterocycles. The molecule has 0 radical (unpaired) electrons. The first-order chi connectivity index (χ1) is 9.04. The molecule has 19 heavy (non-hydrogen) atoms. The van der Waals surface area contributed by atoms with Crippen molar-refractivity contribution in [3.63, 3.8) is 0 Å². The molecule has 0 aliphatic carbocycles. The Labute approximate surface area is 110 Å². The first-order valence-electron chi connectivity index (χ1n) is 5.68. The van der Waals surface area contributed by atoms with E-state index in [2.05, 4.69) is 0 Å². The van der Waals surface area contributed by atoms with Crippen LogP contribution in [0.1, 0.15) is 11.1 Å². The number of anilines is 2. The molecule has 0 bridgehead atoms. The molecular weight excluding hydrogens is 244 g/mol. The Hall–Kier alpha value is -2.69. The highest BCUT2D eigenvalue weighted by Gasteiger charge is 2.09. The van der Waals surface area contributed by atoms with E-state index < -0.39 is 6.16 Å². The maximum atomic E-state index is 10.6. The van der Waals surface area contributed by atoms with Gasteiger partial charge in [0, 0.05) is 23.9 Å². The predicted molar refractivity (Wildman–Crippen MR) is 73.2 cm³/mol. The molecule has 0 amide bonds. The zero-order valence-corrected chi connectivity index (χ0v) is 10.2. The Morgan fingerprint density at radius 1 is 1.05 bits per heavy atom. The van der Waals surface area contributed by atoms with Gasteiger partial charge in [-0.3, -0.25) is 0 Å². The van der Waals surface area contributed by atoms with Crippen LogP contribution in [0.4, 0.5) is 16.2 Å². The van der Waals surface area contributed by atoms with Crippen LogP contribution < -0.4 is 16.2 Å². The minimum atomic E-state index is -1.36. The average molecular weight is 258 g/mol. The predicted octanol–water partition coefficient (Wildman–Crippen LogP) is 2.50. The molecule has 2 aromatic rings. The highest BCUT2D eigenvalue weighted by Crippen LogP contribution is 2.25. The van der Waals surface area contributed by atoms with Crippen LogP contribution in [0.5, 0.6) is 5.75 Å². The summed E-state index contributed by atoms with van der Waals surface area (Å²) in [6, 6.07) is 12.3. The zero-order valence-electron chi connectivity index (χ0n) is 10.2. The minimum Gasteiger partial charge on any atom is -0.449 e. The number of hydrogen-bond acceptors (Lipinski definition) is 4. The van der Waals surface area contributed by atoms with Gasteiger partial charge in [0.2, 0.25) is 0 Å². The van der Waals surface area contributed by atoms with Crippen LogP contribution >= 0.6 is 0 Å². The number of rotatable bonds is 3. The molecular formula is C14H14N2O3. The Morgan fingerprint density at radius 3 is 2.32 bits per heavy atom. The van der Waals surface area contributed by atoms with Gasteiger partial charge < -0.3 is 21.3 Å². The average Bonchev–Trinajstić information content (AvgIpc) is 2.34. The monoisotopic (exact) mass is 258 g/mol. The van der Waals surface area contributed by atoms with Crippen LogP contribution in [0.2, 0.25) is 0 Å².